The molecule has 0 heterocycles. The molecule has 3 heteroatoms. The predicted molar refractivity (Wildman–Crippen MR) is 72.3 cm³/mol. The van der Waals surface area contributed by atoms with Gasteiger partial charge in [-0.3, -0.25) is 4.79 Å². The van der Waals surface area contributed by atoms with Gasteiger partial charge in [-0.1, -0.05) is 42.5 Å². The Morgan fingerprint density at radius 3 is 2.72 bits per heavy atom. The second-order valence-electron chi connectivity index (χ2n) is 4.26. The van der Waals surface area contributed by atoms with Crippen molar-refractivity contribution in [2.24, 2.45) is 0 Å². The van der Waals surface area contributed by atoms with Gasteiger partial charge in [0, 0.05) is 6.54 Å². The lowest BCUT2D eigenvalue weighted by Gasteiger charge is -2.12. The van der Waals surface area contributed by atoms with E-state index in [1.807, 2.05) is 18.2 Å². The average Bonchev–Trinajstić information content (AvgIpc) is 2.43. The van der Waals surface area contributed by atoms with Crippen LogP contribution in [0.5, 0.6) is 0 Å². The van der Waals surface area contributed by atoms with Crippen molar-refractivity contribution in [1.82, 2.24) is 5.32 Å². The van der Waals surface area contributed by atoms with Gasteiger partial charge in [0.05, 0.1) is 7.11 Å². The van der Waals surface area contributed by atoms with Gasteiger partial charge >= 0.3 is 5.97 Å². The number of methoxy groups -OCH3 is 1. The number of carbonyl (C=O) groups is 1. The van der Waals surface area contributed by atoms with Crippen LogP contribution < -0.4 is 5.32 Å². The summed E-state index contributed by atoms with van der Waals surface area (Å²) in [6.07, 6.45) is 0. The summed E-state index contributed by atoms with van der Waals surface area (Å²) in [5.74, 6) is -0.241. The Hall–Kier alpha value is -1.87. The van der Waals surface area contributed by atoms with Crippen molar-refractivity contribution in [3.8, 4) is 0 Å². The lowest BCUT2D eigenvalue weighted by Crippen LogP contribution is -2.34. The first-order valence-electron chi connectivity index (χ1n) is 6.00. The molecule has 0 aliphatic heterocycles. The van der Waals surface area contributed by atoms with Crippen molar-refractivity contribution in [1.29, 1.82) is 0 Å². The molecule has 0 radical (unpaired) electrons. The summed E-state index contributed by atoms with van der Waals surface area (Å²) in [5.41, 5.74) is 1.18. The van der Waals surface area contributed by atoms with Gasteiger partial charge in [-0.05, 0) is 23.3 Å². The molecule has 2 aromatic rings. The van der Waals surface area contributed by atoms with Crippen molar-refractivity contribution in [3.05, 3.63) is 48.0 Å². The monoisotopic (exact) mass is 243 g/mol. The van der Waals surface area contributed by atoms with Crippen LogP contribution in [0.4, 0.5) is 0 Å². The third-order valence-electron chi connectivity index (χ3n) is 3.03. The molecular formula is C15H17NO2. The molecule has 0 unspecified atom stereocenters. The van der Waals surface area contributed by atoms with E-state index in [1.165, 1.54) is 23.4 Å². The number of hydrogen-bond acceptors (Lipinski definition) is 3. The molecule has 3 nitrogen and oxygen atoms in total. The first-order chi connectivity index (χ1) is 8.72. The minimum Gasteiger partial charge on any atom is -0.468 e. The Kier molecular flexibility index (Phi) is 3.95. The molecule has 0 bridgehead atoms. The number of hydrogen-bond donors (Lipinski definition) is 1. The maximum absolute atomic E-state index is 11.3. The van der Waals surface area contributed by atoms with Gasteiger partial charge in [-0.2, -0.15) is 0 Å². The fourth-order valence-electron chi connectivity index (χ4n) is 1.97. The maximum Gasteiger partial charge on any atom is 0.322 e. The molecule has 2 aromatic carbocycles. The zero-order valence-corrected chi connectivity index (χ0v) is 10.6. The molecule has 0 spiro atoms. The van der Waals surface area contributed by atoms with Gasteiger partial charge in [-0.25, -0.2) is 0 Å². The normalized spacial score (nSPS) is 12.3. The van der Waals surface area contributed by atoms with Crippen LogP contribution in [0.25, 0.3) is 10.8 Å². The van der Waals surface area contributed by atoms with Crippen LogP contribution in [0.1, 0.15) is 12.5 Å². The van der Waals surface area contributed by atoms with Crippen LogP contribution >= 0.6 is 0 Å². The van der Waals surface area contributed by atoms with E-state index >= 15 is 0 Å². The number of esters is 1. The Bertz CT molecular complexity index is 546. The molecule has 0 saturated heterocycles. The van der Waals surface area contributed by atoms with Crippen LogP contribution in [-0.4, -0.2) is 19.1 Å². The van der Waals surface area contributed by atoms with Crippen molar-refractivity contribution in [2.45, 2.75) is 19.5 Å². The largest absolute Gasteiger partial charge is 0.468 e. The smallest absolute Gasteiger partial charge is 0.322 e. The minimum atomic E-state index is -0.297. The van der Waals surface area contributed by atoms with E-state index in [4.69, 9.17) is 0 Å². The lowest BCUT2D eigenvalue weighted by molar-refractivity contribution is -0.142. The van der Waals surface area contributed by atoms with E-state index in [2.05, 4.69) is 34.3 Å². The van der Waals surface area contributed by atoms with Crippen molar-refractivity contribution < 1.29 is 9.53 Å². The van der Waals surface area contributed by atoms with Crippen molar-refractivity contribution >= 4 is 16.7 Å². The molecule has 0 fully saturated rings. The Morgan fingerprint density at radius 2 is 1.94 bits per heavy atom. The third kappa shape index (κ3) is 2.68. The summed E-state index contributed by atoms with van der Waals surface area (Å²) in [6, 6.07) is 14.1. The summed E-state index contributed by atoms with van der Waals surface area (Å²) in [4.78, 5) is 11.3. The maximum atomic E-state index is 11.3. The first-order valence-corrected chi connectivity index (χ1v) is 6.00. The summed E-state index contributed by atoms with van der Waals surface area (Å²) < 4.78 is 4.69. The van der Waals surface area contributed by atoms with Crippen molar-refractivity contribution in [2.75, 3.05) is 7.11 Å². The van der Waals surface area contributed by atoms with Gasteiger partial charge in [0.1, 0.15) is 6.04 Å². The van der Waals surface area contributed by atoms with E-state index in [0.717, 1.165) is 0 Å². The fourth-order valence-corrected chi connectivity index (χ4v) is 1.97. The van der Waals surface area contributed by atoms with E-state index in [-0.39, 0.29) is 12.0 Å². The average molecular weight is 243 g/mol. The summed E-state index contributed by atoms with van der Waals surface area (Å²) >= 11 is 0. The Labute approximate surface area is 107 Å². The quantitative estimate of drug-likeness (QED) is 0.838. The summed E-state index contributed by atoms with van der Waals surface area (Å²) in [5, 5.41) is 5.59. The highest BCUT2D eigenvalue weighted by molar-refractivity contribution is 5.85. The van der Waals surface area contributed by atoms with E-state index in [1.54, 1.807) is 6.92 Å². The highest BCUT2D eigenvalue weighted by Gasteiger charge is 2.12. The number of benzene rings is 2. The second-order valence-corrected chi connectivity index (χ2v) is 4.26. The zero-order valence-electron chi connectivity index (χ0n) is 10.6. The molecule has 1 N–H and O–H groups in total. The van der Waals surface area contributed by atoms with E-state index < -0.39 is 0 Å². The van der Waals surface area contributed by atoms with Gasteiger partial charge in [0.25, 0.3) is 0 Å². The van der Waals surface area contributed by atoms with Crippen LogP contribution in [0.15, 0.2) is 42.5 Å². The highest BCUT2D eigenvalue weighted by Crippen LogP contribution is 2.18. The van der Waals surface area contributed by atoms with Crippen LogP contribution in [0.3, 0.4) is 0 Å². The standard InChI is InChI=1S/C15H17NO2/c1-11(15(17)18-2)16-10-13-8-5-7-12-6-3-4-9-14(12)13/h3-9,11,16H,10H2,1-2H3/t11-/m0/s1. The number of ether oxygens (including phenoxy) is 1. The summed E-state index contributed by atoms with van der Waals surface area (Å²) in [7, 11) is 1.40. The fraction of sp³-hybridized carbons (Fsp3) is 0.267. The van der Waals surface area contributed by atoms with Gasteiger partial charge in [0.15, 0.2) is 0 Å². The van der Waals surface area contributed by atoms with Crippen molar-refractivity contribution in [3.63, 3.8) is 0 Å². The Balaban J connectivity index is 2.15. The minimum absolute atomic E-state index is 0.241. The van der Waals surface area contributed by atoms with Crippen LogP contribution in [0, 0.1) is 0 Å². The molecule has 1 atom stereocenters. The molecule has 0 saturated carbocycles. The SMILES string of the molecule is COC(=O)[C@H](C)NCc1cccc2ccccc12. The third-order valence-corrected chi connectivity index (χ3v) is 3.03. The summed E-state index contributed by atoms with van der Waals surface area (Å²) in [6.45, 7) is 2.45. The lowest BCUT2D eigenvalue weighted by atomic mass is 10.0. The van der Waals surface area contributed by atoms with Gasteiger partial charge in [0.2, 0.25) is 0 Å². The van der Waals surface area contributed by atoms with E-state index in [0.29, 0.717) is 6.54 Å². The first kappa shape index (κ1) is 12.6. The molecule has 18 heavy (non-hydrogen) atoms. The number of rotatable bonds is 4. The zero-order chi connectivity index (χ0) is 13.0. The van der Waals surface area contributed by atoms with Crippen LogP contribution in [-0.2, 0) is 16.1 Å². The molecule has 0 aliphatic carbocycles. The Morgan fingerprint density at radius 1 is 1.22 bits per heavy atom. The molecule has 0 amide bonds. The molecule has 2 rings (SSSR count). The highest BCUT2D eigenvalue weighted by atomic mass is 16.5. The number of nitrogens with one attached hydrogen (secondary N) is 1. The molecular weight excluding hydrogens is 226 g/mol. The second kappa shape index (κ2) is 5.65. The molecule has 94 valence electrons. The predicted octanol–water partition coefficient (Wildman–Crippen LogP) is 2.49. The number of carbonyl (C=O) groups excluding carboxylic acids is 1. The topological polar surface area (TPSA) is 38.3 Å². The molecule has 0 aromatic heterocycles. The van der Waals surface area contributed by atoms with Gasteiger partial charge < -0.3 is 10.1 Å². The van der Waals surface area contributed by atoms with Gasteiger partial charge in [-0.15, -0.1) is 0 Å². The van der Waals surface area contributed by atoms with Crippen LogP contribution in [0.2, 0.25) is 0 Å². The number of fused-ring (bicyclic) bond motifs is 1. The molecule has 0 aliphatic rings. The van der Waals surface area contributed by atoms with E-state index in [9.17, 15) is 4.79 Å².